The zero-order chi connectivity index (χ0) is 13.9. The fourth-order valence-electron chi connectivity index (χ4n) is 2.63. The van der Waals surface area contributed by atoms with Crippen LogP contribution in [-0.4, -0.2) is 19.0 Å². The van der Waals surface area contributed by atoms with Gasteiger partial charge in [0, 0.05) is 17.3 Å². The molecule has 19 heavy (non-hydrogen) atoms. The van der Waals surface area contributed by atoms with Crippen LogP contribution in [0.25, 0.3) is 0 Å². The average Bonchev–Trinajstić information content (AvgIpc) is 2.78. The molecule has 0 radical (unpaired) electrons. The number of anilines is 1. The second-order valence-corrected chi connectivity index (χ2v) is 5.51. The highest BCUT2D eigenvalue weighted by Crippen LogP contribution is 2.33. The fraction of sp³-hybridized carbons (Fsp3) is 0.500. The maximum Gasteiger partial charge on any atom is 0.231 e. The van der Waals surface area contributed by atoms with E-state index in [-0.39, 0.29) is 16.3 Å². The summed E-state index contributed by atoms with van der Waals surface area (Å²) in [4.78, 5) is 12.4. The highest BCUT2D eigenvalue weighted by molar-refractivity contribution is 6.30. The van der Waals surface area contributed by atoms with Gasteiger partial charge in [-0.15, -0.1) is 0 Å². The van der Waals surface area contributed by atoms with Crippen LogP contribution in [0, 0.1) is 11.2 Å². The van der Waals surface area contributed by atoms with E-state index in [0.717, 1.165) is 25.8 Å². The summed E-state index contributed by atoms with van der Waals surface area (Å²) in [5.74, 6) is -0.502. The van der Waals surface area contributed by atoms with Gasteiger partial charge in [-0.05, 0) is 37.6 Å². The number of carbonyl (C=O) groups is 1. The maximum absolute atomic E-state index is 13.3. The summed E-state index contributed by atoms with van der Waals surface area (Å²) < 4.78 is 13.3. The minimum atomic E-state index is -0.447. The van der Waals surface area contributed by atoms with Crippen LogP contribution >= 0.6 is 11.6 Å². The Kier molecular flexibility index (Phi) is 4.42. The van der Waals surface area contributed by atoms with Gasteiger partial charge in [0.05, 0.1) is 5.41 Å². The summed E-state index contributed by atoms with van der Waals surface area (Å²) >= 11 is 5.79. The number of nitrogens with one attached hydrogen (secondary N) is 2. The lowest BCUT2D eigenvalue weighted by Gasteiger charge is -2.26. The Bertz CT molecular complexity index is 452. The summed E-state index contributed by atoms with van der Waals surface area (Å²) in [6.07, 6.45) is 2.59. The zero-order valence-electron chi connectivity index (χ0n) is 10.9. The average molecular weight is 285 g/mol. The first-order valence-electron chi connectivity index (χ1n) is 6.54. The Morgan fingerprint density at radius 3 is 2.89 bits per heavy atom. The van der Waals surface area contributed by atoms with Crippen LogP contribution in [-0.2, 0) is 4.79 Å². The normalized spacial score (nSPS) is 22.5. The smallest absolute Gasteiger partial charge is 0.231 e. The molecule has 0 bridgehead atoms. The molecule has 0 aromatic heterocycles. The first kappa shape index (κ1) is 14.3. The number of rotatable bonds is 4. The third-order valence-electron chi connectivity index (χ3n) is 3.57. The number of amides is 1. The Morgan fingerprint density at radius 1 is 1.53 bits per heavy atom. The lowest BCUT2D eigenvalue weighted by molar-refractivity contribution is -0.125. The van der Waals surface area contributed by atoms with Crippen molar-refractivity contribution in [3.63, 3.8) is 0 Å². The molecule has 1 aliphatic heterocycles. The van der Waals surface area contributed by atoms with E-state index in [4.69, 9.17) is 11.6 Å². The lowest BCUT2D eigenvalue weighted by Crippen LogP contribution is -2.38. The summed E-state index contributed by atoms with van der Waals surface area (Å²) in [7, 11) is 0. The molecule has 0 spiro atoms. The molecule has 2 rings (SSSR count). The first-order chi connectivity index (χ1) is 9.05. The van der Waals surface area contributed by atoms with E-state index in [1.807, 2.05) is 0 Å². The van der Waals surface area contributed by atoms with Crippen LogP contribution in [0.5, 0.6) is 0 Å². The molecule has 0 aliphatic carbocycles. The molecule has 1 aromatic rings. The van der Waals surface area contributed by atoms with Gasteiger partial charge in [0.15, 0.2) is 0 Å². The molecule has 1 aliphatic rings. The van der Waals surface area contributed by atoms with Crippen molar-refractivity contribution >= 4 is 23.2 Å². The highest BCUT2D eigenvalue weighted by atomic mass is 35.5. The molecule has 5 heteroatoms. The second kappa shape index (κ2) is 5.88. The topological polar surface area (TPSA) is 41.1 Å². The monoisotopic (exact) mass is 284 g/mol. The Morgan fingerprint density at radius 2 is 2.32 bits per heavy atom. The Labute approximate surface area is 117 Å². The summed E-state index contributed by atoms with van der Waals surface area (Å²) in [5, 5.41) is 6.30. The molecule has 0 saturated carbocycles. The lowest BCUT2D eigenvalue weighted by atomic mass is 9.81. The molecular weight excluding hydrogens is 267 g/mol. The van der Waals surface area contributed by atoms with Crippen molar-refractivity contribution in [1.29, 1.82) is 0 Å². The number of hydrogen-bond acceptors (Lipinski definition) is 2. The van der Waals surface area contributed by atoms with Crippen LogP contribution in [0.3, 0.4) is 0 Å². The van der Waals surface area contributed by atoms with Crippen molar-refractivity contribution in [3.8, 4) is 0 Å². The minimum Gasteiger partial charge on any atom is -0.325 e. The van der Waals surface area contributed by atoms with Crippen LogP contribution in [0.2, 0.25) is 5.02 Å². The molecule has 1 aromatic carbocycles. The van der Waals surface area contributed by atoms with Gasteiger partial charge in [-0.1, -0.05) is 24.9 Å². The molecule has 1 unspecified atom stereocenters. The van der Waals surface area contributed by atoms with Crippen LogP contribution in [0.15, 0.2) is 18.2 Å². The molecular formula is C14H18ClFN2O. The van der Waals surface area contributed by atoms with Crippen molar-refractivity contribution in [3.05, 3.63) is 29.0 Å². The molecule has 2 N–H and O–H groups in total. The van der Waals surface area contributed by atoms with Crippen LogP contribution < -0.4 is 10.6 Å². The third-order valence-corrected chi connectivity index (χ3v) is 3.79. The third kappa shape index (κ3) is 3.25. The predicted octanol–water partition coefficient (Wildman–Crippen LogP) is 3.20. The minimum absolute atomic E-state index is 0.0546. The van der Waals surface area contributed by atoms with Gasteiger partial charge >= 0.3 is 0 Å². The van der Waals surface area contributed by atoms with Crippen molar-refractivity contribution in [2.45, 2.75) is 26.2 Å². The van der Waals surface area contributed by atoms with Crippen LogP contribution in [0.1, 0.15) is 26.2 Å². The zero-order valence-corrected chi connectivity index (χ0v) is 11.7. The van der Waals surface area contributed by atoms with E-state index in [0.29, 0.717) is 12.2 Å². The molecule has 1 fully saturated rings. The quantitative estimate of drug-likeness (QED) is 0.891. The largest absolute Gasteiger partial charge is 0.325 e. The SMILES string of the molecule is CCCC1(C(=O)Nc2cc(F)cc(Cl)c2)CCNC1. The molecule has 3 nitrogen and oxygen atoms in total. The second-order valence-electron chi connectivity index (χ2n) is 5.07. The van der Waals surface area contributed by atoms with Gasteiger partial charge in [-0.2, -0.15) is 0 Å². The van der Waals surface area contributed by atoms with Crippen molar-refractivity contribution < 1.29 is 9.18 Å². The van der Waals surface area contributed by atoms with Gasteiger partial charge in [-0.25, -0.2) is 4.39 Å². The van der Waals surface area contributed by atoms with E-state index in [2.05, 4.69) is 17.6 Å². The molecule has 104 valence electrons. The number of benzene rings is 1. The van der Waals surface area contributed by atoms with Gasteiger partial charge in [-0.3, -0.25) is 4.79 Å². The predicted molar refractivity (Wildman–Crippen MR) is 74.9 cm³/mol. The highest BCUT2D eigenvalue weighted by Gasteiger charge is 2.40. The summed E-state index contributed by atoms with van der Waals surface area (Å²) in [6, 6.07) is 4.06. The van der Waals surface area contributed by atoms with Gasteiger partial charge in [0.25, 0.3) is 0 Å². The summed E-state index contributed by atoms with van der Waals surface area (Å²) in [6.45, 7) is 3.58. The van der Waals surface area contributed by atoms with E-state index in [1.54, 1.807) is 6.07 Å². The van der Waals surface area contributed by atoms with Gasteiger partial charge in [0.2, 0.25) is 5.91 Å². The number of carbonyl (C=O) groups excluding carboxylic acids is 1. The number of halogens is 2. The molecule has 1 saturated heterocycles. The molecule has 1 atom stereocenters. The standard InChI is InChI=1S/C14H18ClFN2O/c1-2-3-14(4-5-17-9-14)13(19)18-12-7-10(15)6-11(16)8-12/h6-8,17H,2-5,9H2,1H3,(H,18,19). The van der Waals surface area contributed by atoms with Crippen LogP contribution in [0.4, 0.5) is 10.1 Å². The Hall–Kier alpha value is -1.13. The number of hydrogen-bond donors (Lipinski definition) is 2. The Balaban J connectivity index is 2.14. The summed E-state index contributed by atoms with van der Waals surface area (Å²) in [5.41, 5.74) is 0.0328. The fourth-order valence-corrected chi connectivity index (χ4v) is 2.85. The first-order valence-corrected chi connectivity index (χ1v) is 6.92. The van der Waals surface area contributed by atoms with Gasteiger partial charge < -0.3 is 10.6 Å². The van der Waals surface area contributed by atoms with Crippen molar-refractivity contribution in [2.24, 2.45) is 5.41 Å². The van der Waals surface area contributed by atoms with E-state index in [1.165, 1.54) is 12.1 Å². The molecule has 1 heterocycles. The van der Waals surface area contributed by atoms with E-state index < -0.39 is 5.82 Å². The van der Waals surface area contributed by atoms with E-state index in [9.17, 15) is 9.18 Å². The maximum atomic E-state index is 13.3. The van der Waals surface area contributed by atoms with Crippen molar-refractivity contribution in [2.75, 3.05) is 18.4 Å². The van der Waals surface area contributed by atoms with Gasteiger partial charge in [0.1, 0.15) is 5.82 Å². The van der Waals surface area contributed by atoms with E-state index >= 15 is 0 Å². The molecule has 1 amide bonds. The van der Waals surface area contributed by atoms with Crippen molar-refractivity contribution in [1.82, 2.24) is 5.32 Å².